The summed E-state index contributed by atoms with van der Waals surface area (Å²) in [5.41, 5.74) is 0.914. The maximum Gasteiger partial charge on any atom is 0.331 e. The minimum atomic E-state index is -0.801. The fourth-order valence-electron chi connectivity index (χ4n) is 2.77. The molecule has 2 N–H and O–H groups in total. The van der Waals surface area contributed by atoms with E-state index in [9.17, 15) is 19.5 Å². The monoisotopic (exact) mass is 382 g/mol. The van der Waals surface area contributed by atoms with Crippen molar-refractivity contribution in [3.05, 3.63) is 59.2 Å². The molecule has 3 rings (SSSR count). The summed E-state index contributed by atoms with van der Waals surface area (Å²) in [6, 6.07) is 11.1. The van der Waals surface area contributed by atoms with Gasteiger partial charge < -0.3 is 14.6 Å². The molecule has 0 aliphatic carbocycles. The van der Waals surface area contributed by atoms with Gasteiger partial charge in [0.05, 0.1) is 20.8 Å². The summed E-state index contributed by atoms with van der Waals surface area (Å²) >= 11 is 0. The molecule has 1 aliphatic rings. The van der Waals surface area contributed by atoms with Gasteiger partial charge in [0.15, 0.2) is 11.5 Å². The Hall–Kier alpha value is -3.81. The lowest BCUT2D eigenvalue weighted by atomic mass is 10.1. The van der Waals surface area contributed by atoms with Crippen LogP contribution in [0.5, 0.6) is 17.2 Å². The maximum atomic E-state index is 12.8. The highest BCUT2D eigenvalue weighted by molar-refractivity contribution is 6.31. The second-order valence-corrected chi connectivity index (χ2v) is 5.97. The number of phenolic OH excluding ortho intramolecular Hbond substituents is 1. The minimum absolute atomic E-state index is 0.0261. The first-order valence-corrected chi connectivity index (χ1v) is 8.32. The number of carbonyl (C=O) groups excluding carboxylic acids is 3. The third kappa shape index (κ3) is 3.66. The largest absolute Gasteiger partial charge is 0.502 e. The van der Waals surface area contributed by atoms with Crippen LogP contribution in [0.1, 0.15) is 11.1 Å². The lowest BCUT2D eigenvalue weighted by Crippen LogP contribution is -2.53. The van der Waals surface area contributed by atoms with Crippen LogP contribution in [0.2, 0.25) is 0 Å². The molecule has 8 heteroatoms. The zero-order chi connectivity index (χ0) is 20.3. The Balaban J connectivity index is 1.97. The van der Waals surface area contributed by atoms with Crippen molar-refractivity contribution in [1.82, 2.24) is 10.2 Å². The van der Waals surface area contributed by atoms with Crippen molar-refractivity contribution < 1.29 is 29.0 Å². The quantitative estimate of drug-likeness (QED) is 0.606. The van der Waals surface area contributed by atoms with Gasteiger partial charge in [0.2, 0.25) is 5.75 Å². The van der Waals surface area contributed by atoms with E-state index in [4.69, 9.17) is 9.47 Å². The van der Waals surface area contributed by atoms with Crippen LogP contribution in [0, 0.1) is 0 Å². The number of amides is 4. The van der Waals surface area contributed by atoms with E-state index in [1.807, 2.05) is 6.07 Å². The highest BCUT2D eigenvalue weighted by Gasteiger charge is 2.35. The van der Waals surface area contributed by atoms with Gasteiger partial charge >= 0.3 is 6.03 Å². The van der Waals surface area contributed by atoms with E-state index in [-0.39, 0.29) is 29.4 Å². The second kappa shape index (κ2) is 7.83. The molecule has 0 saturated carbocycles. The predicted molar refractivity (Wildman–Crippen MR) is 99.7 cm³/mol. The number of nitrogens with one attached hydrogen (secondary N) is 1. The summed E-state index contributed by atoms with van der Waals surface area (Å²) in [7, 11) is 2.73. The average Bonchev–Trinajstić information content (AvgIpc) is 2.70. The number of carbonyl (C=O) groups is 3. The zero-order valence-corrected chi connectivity index (χ0v) is 15.3. The normalized spacial score (nSPS) is 15.6. The molecular formula is C20H18N2O6. The first-order chi connectivity index (χ1) is 13.4. The number of phenols is 1. The van der Waals surface area contributed by atoms with Crippen LogP contribution in [-0.2, 0) is 16.1 Å². The van der Waals surface area contributed by atoms with Gasteiger partial charge in [-0.1, -0.05) is 30.3 Å². The summed E-state index contributed by atoms with van der Waals surface area (Å²) in [6.45, 7) is 0.0261. The maximum absolute atomic E-state index is 12.8. The fraction of sp³-hybridized carbons (Fsp3) is 0.150. The SMILES string of the molecule is COc1cc(/C=C2\C(=O)NC(=O)N(Cc3ccccc3)C2=O)cc(OC)c1O. The minimum Gasteiger partial charge on any atom is -0.502 e. The Morgan fingerprint density at radius 2 is 1.64 bits per heavy atom. The second-order valence-electron chi connectivity index (χ2n) is 5.97. The molecule has 8 nitrogen and oxygen atoms in total. The molecule has 0 radical (unpaired) electrons. The molecular weight excluding hydrogens is 364 g/mol. The topological polar surface area (TPSA) is 105 Å². The fourth-order valence-corrected chi connectivity index (χ4v) is 2.77. The van der Waals surface area contributed by atoms with Crippen molar-refractivity contribution in [2.24, 2.45) is 0 Å². The van der Waals surface area contributed by atoms with Crippen molar-refractivity contribution in [3.8, 4) is 17.2 Å². The van der Waals surface area contributed by atoms with Gasteiger partial charge in [-0.25, -0.2) is 4.79 Å². The summed E-state index contributed by atoms with van der Waals surface area (Å²) in [4.78, 5) is 38.1. The van der Waals surface area contributed by atoms with E-state index in [1.165, 1.54) is 32.4 Å². The molecule has 1 heterocycles. The Kier molecular flexibility index (Phi) is 5.30. The number of benzene rings is 2. The van der Waals surface area contributed by atoms with Crippen molar-refractivity contribution in [2.75, 3.05) is 14.2 Å². The number of hydrogen-bond acceptors (Lipinski definition) is 6. The van der Waals surface area contributed by atoms with Crippen LogP contribution in [-0.4, -0.2) is 42.1 Å². The molecule has 1 aliphatic heterocycles. The number of aromatic hydroxyl groups is 1. The number of rotatable bonds is 5. The molecule has 0 aromatic heterocycles. The van der Waals surface area contributed by atoms with E-state index in [2.05, 4.69) is 5.32 Å². The molecule has 144 valence electrons. The number of barbiturate groups is 1. The van der Waals surface area contributed by atoms with Crippen LogP contribution in [0.4, 0.5) is 4.79 Å². The third-order valence-corrected chi connectivity index (χ3v) is 4.18. The van der Waals surface area contributed by atoms with E-state index in [0.717, 1.165) is 10.5 Å². The first kappa shape index (κ1) is 19.0. The van der Waals surface area contributed by atoms with Gasteiger partial charge in [0.1, 0.15) is 5.57 Å². The molecule has 0 unspecified atom stereocenters. The molecule has 0 bridgehead atoms. The average molecular weight is 382 g/mol. The van der Waals surface area contributed by atoms with Gasteiger partial charge in [0, 0.05) is 0 Å². The van der Waals surface area contributed by atoms with E-state index < -0.39 is 17.8 Å². The van der Waals surface area contributed by atoms with Gasteiger partial charge in [-0.05, 0) is 29.3 Å². The van der Waals surface area contributed by atoms with Crippen LogP contribution >= 0.6 is 0 Å². The van der Waals surface area contributed by atoms with Crippen LogP contribution < -0.4 is 14.8 Å². The summed E-state index contributed by atoms with van der Waals surface area (Å²) in [5.74, 6) is -1.49. The van der Waals surface area contributed by atoms with Gasteiger partial charge in [0.25, 0.3) is 11.8 Å². The molecule has 28 heavy (non-hydrogen) atoms. The van der Waals surface area contributed by atoms with Crippen molar-refractivity contribution >= 4 is 23.9 Å². The Morgan fingerprint density at radius 1 is 1.04 bits per heavy atom. The molecule has 2 aromatic rings. The molecule has 4 amide bonds. The van der Waals surface area contributed by atoms with Gasteiger partial charge in [-0.3, -0.25) is 19.8 Å². The van der Waals surface area contributed by atoms with Crippen LogP contribution in [0.3, 0.4) is 0 Å². The number of nitrogens with zero attached hydrogens (tertiary/aromatic N) is 1. The van der Waals surface area contributed by atoms with Crippen molar-refractivity contribution in [2.45, 2.75) is 6.54 Å². The smallest absolute Gasteiger partial charge is 0.331 e. The predicted octanol–water partition coefficient (Wildman–Crippen LogP) is 2.07. The zero-order valence-electron chi connectivity index (χ0n) is 15.3. The Morgan fingerprint density at radius 3 is 2.21 bits per heavy atom. The Bertz CT molecular complexity index is 943. The first-order valence-electron chi connectivity index (χ1n) is 8.32. The Labute approximate surface area is 161 Å². The molecule has 0 atom stereocenters. The lowest BCUT2D eigenvalue weighted by Gasteiger charge is -2.26. The van der Waals surface area contributed by atoms with E-state index >= 15 is 0 Å². The van der Waals surface area contributed by atoms with Crippen LogP contribution in [0.15, 0.2) is 48.0 Å². The van der Waals surface area contributed by atoms with E-state index in [1.54, 1.807) is 24.3 Å². The van der Waals surface area contributed by atoms with Crippen molar-refractivity contribution in [1.29, 1.82) is 0 Å². The highest BCUT2D eigenvalue weighted by Crippen LogP contribution is 2.37. The molecule has 2 aromatic carbocycles. The molecule has 1 saturated heterocycles. The summed E-state index contributed by atoms with van der Waals surface area (Å²) in [6.07, 6.45) is 1.31. The van der Waals surface area contributed by atoms with Gasteiger partial charge in [-0.15, -0.1) is 0 Å². The summed E-state index contributed by atoms with van der Waals surface area (Å²) in [5, 5.41) is 12.2. The number of methoxy groups -OCH3 is 2. The summed E-state index contributed by atoms with van der Waals surface area (Å²) < 4.78 is 10.2. The lowest BCUT2D eigenvalue weighted by molar-refractivity contribution is -0.130. The van der Waals surface area contributed by atoms with Gasteiger partial charge in [-0.2, -0.15) is 0 Å². The highest BCUT2D eigenvalue weighted by atomic mass is 16.5. The number of urea groups is 1. The molecule has 1 fully saturated rings. The number of ether oxygens (including phenoxy) is 2. The third-order valence-electron chi connectivity index (χ3n) is 4.18. The standard InChI is InChI=1S/C20H18N2O6/c1-27-15-9-13(10-16(28-2)17(15)23)8-14-18(24)21-20(26)22(19(14)25)11-12-6-4-3-5-7-12/h3-10,23H,11H2,1-2H3,(H,21,24,26)/b14-8+. The number of imide groups is 2. The van der Waals surface area contributed by atoms with E-state index in [0.29, 0.717) is 5.56 Å². The van der Waals surface area contributed by atoms with Crippen LogP contribution in [0.25, 0.3) is 6.08 Å². The molecule has 0 spiro atoms. The van der Waals surface area contributed by atoms with Crippen molar-refractivity contribution in [3.63, 3.8) is 0 Å². The number of hydrogen-bond donors (Lipinski definition) is 2.